The summed E-state index contributed by atoms with van der Waals surface area (Å²) in [4.78, 5) is 32.3. The van der Waals surface area contributed by atoms with Crippen LogP contribution in [0.25, 0.3) is 11.0 Å². The number of nitrogens with one attached hydrogen (secondary N) is 1. The maximum Gasteiger partial charge on any atom is 0.303 e. The third kappa shape index (κ3) is 3.97. The van der Waals surface area contributed by atoms with Gasteiger partial charge in [0.25, 0.3) is 5.91 Å². The van der Waals surface area contributed by atoms with Crippen molar-refractivity contribution < 1.29 is 36.6 Å². The van der Waals surface area contributed by atoms with Gasteiger partial charge in [0.2, 0.25) is 12.5 Å². The number of halogens is 4. The first kappa shape index (κ1) is 21.6. The zero-order chi connectivity index (χ0) is 23.0. The molecule has 32 heavy (non-hydrogen) atoms. The molecule has 168 valence electrons. The lowest BCUT2D eigenvalue weighted by molar-refractivity contribution is -0.161. The van der Waals surface area contributed by atoms with Gasteiger partial charge in [-0.1, -0.05) is 0 Å². The molecule has 1 aromatic heterocycles. The van der Waals surface area contributed by atoms with Crippen molar-refractivity contribution in [1.29, 1.82) is 0 Å². The van der Waals surface area contributed by atoms with Crippen LogP contribution in [-0.4, -0.2) is 41.0 Å². The lowest BCUT2D eigenvalue weighted by Crippen LogP contribution is -2.61. The minimum absolute atomic E-state index is 0.274. The number of hydrogen-bond donors (Lipinski definition) is 1. The summed E-state index contributed by atoms with van der Waals surface area (Å²) in [6, 6.07) is 5.16. The number of aromatic nitrogens is 2. The van der Waals surface area contributed by atoms with Crippen LogP contribution in [0, 0.1) is 11.6 Å². The topological polar surface area (TPSA) is 84.5 Å². The van der Waals surface area contributed by atoms with E-state index in [0.29, 0.717) is 16.7 Å². The summed E-state index contributed by atoms with van der Waals surface area (Å²) in [5.74, 6) is -3.85. The number of ether oxygens (including phenoxy) is 2. The third-order valence-corrected chi connectivity index (χ3v) is 4.97. The van der Waals surface area contributed by atoms with E-state index >= 15 is 0 Å². The van der Waals surface area contributed by atoms with Gasteiger partial charge in [-0.05, 0) is 18.2 Å². The Morgan fingerprint density at radius 1 is 1.22 bits per heavy atom. The fourth-order valence-corrected chi connectivity index (χ4v) is 3.59. The van der Waals surface area contributed by atoms with Gasteiger partial charge in [0.05, 0.1) is 29.5 Å². The molecule has 7 nitrogen and oxygen atoms in total. The molecule has 1 aliphatic rings. The van der Waals surface area contributed by atoms with Crippen LogP contribution in [0.15, 0.2) is 36.7 Å². The predicted molar refractivity (Wildman–Crippen MR) is 104 cm³/mol. The molecule has 4 rings (SSSR count). The Hall–Kier alpha value is -3.63. The third-order valence-electron chi connectivity index (χ3n) is 4.97. The molecular weight excluding hydrogens is 434 g/mol. The smallest absolute Gasteiger partial charge is 0.303 e. The van der Waals surface area contributed by atoms with E-state index < -0.39 is 60.7 Å². The Bertz CT molecular complexity index is 1160. The number of anilines is 1. The Kier molecular flexibility index (Phi) is 5.72. The van der Waals surface area contributed by atoms with E-state index in [-0.39, 0.29) is 5.75 Å². The molecule has 0 spiro atoms. The van der Waals surface area contributed by atoms with Crippen molar-refractivity contribution in [3.63, 3.8) is 0 Å². The molecule has 1 fully saturated rings. The number of rotatable bonds is 7. The van der Waals surface area contributed by atoms with Gasteiger partial charge >= 0.3 is 5.97 Å². The second kappa shape index (κ2) is 8.48. The molecule has 2 aromatic carbocycles. The van der Waals surface area contributed by atoms with Crippen molar-refractivity contribution in [3.8, 4) is 5.75 Å². The SMILES string of the molecule is CC(=O)OC1C(=O)N(c2ccc3nc[nH]c3c2)C1c1c(F)cc(OCCC(F)F)cc1F. The molecule has 0 bridgehead atoms. The van der Waals surface area contributed by atoms with E-state index in [1.54, 1.807) is 18.2 Å². The minimum atomic E-state index is -2.62. The number of alkyl halides is 2. The summed E-state index contributed by atoms with van der Waals surface area (Å²) in [7, 11) is 0. The Balaban J connectivity index is 1.69. The van der Waals surface area contributed by atoms with Crippen molar-refractivity contribution in [2.24, 2.45) is 0 Å². The number of imidazole rings is 1. The summed E-state index contributed by atoms with van der Waals surface area (Å²) in [6.45, 7) is 0.653. The van der Waals surface area contributed by atoms with Crippen LogP contribution in [-0.2, 0) is 14.3 Å². The van der Waals surface area contributed by atoms with Crippen LogP contribution >= 0.6 is 0 Å². The number of nitrogens with zero attached hydrogens (tertiary/aromatic N) is 2. The first-order valence-electron chi connectivity index (χ1n) is 9.59. The van der Waals surface area contributed by atoms with Gasteiger partial charge in [0.1, 0.15) is 23.4 Å². The van der Waals surface area contributed by atoms with E-state index in [4.69, 9.17) is 9.47 Å². The average Bonchev–Trinajstić information content (AvgIpc) is 3.18. The number of esters is 1. The number of carbonyl (C=O) groups excluding carboxylic acids is 2. The minimum Gasteiger partial charge on any atom is -0.493 e. The van der Waals surface area contributed by atoms with Crippen LogP contribution in [0.4, 0.5) is 23.2 Å². The highest BCUT2D eigenvalue weighted by atomic mass is 19.3. The van der Waals surface area contributed by atoms with Crippen molar-refractivity contribution >= 4 is 28.6 Å². The normalized spacial score (nSPS) is 18.2. The van der Waals surface area contributed by atoms with Crippen molar-refractivity contribution in [2.45, 2.75) is 31.9 Å². The molecule has 2 atom stereocenters. The molecule has 1 amide bonds. The van der Waals surface area contributed by atoms with E-state index in [1.165, 1.54) is 6.33 Å². The highest BCUT2D eigenvalue weighted by Gasteiger charge is 2.53. The van der Waals surface area contributed by atoms with Crippen molar-refractivity contribution in [3.05, 3.63) is 53.9 Å². The molecule has 2 heterocycles. The monoisotopic (exact) mass is 451 g/mol. The van der Waals surface area contributed by atoms with Crippen LogP contribution in [0.3, 0.4) is 0 Å². The standard InChI is InChI=1S/C21H17F4N3O4/c1-10(29)32-20-19(18-13(22)7-12(8-14(18)23)31-5-4-17(24)25)28(21(20)30)11-2-3-15-16(6-11)27-9-26-15/h2-3,6-9,17,19-20H,4-5H2,1H3,(H,26,27). The number of carbonyl (C=O) groups is 2. The second-order valence-electron chi connectivity index (χ2n) is 7.12. The molecule has 1 aliphatic heterocycles. The molecule has 0 radical (unpaired) electrons. The number of β-lactam (4-membered cyclic amide) rings is 1. The van der Waals surface area contributed by atoms with Crippen LogP contribution in [0.2, 0.25) is 0 Å². The van der Waals surface area contributed by atoms with Gasteiger partial charge in [0.15, 0.2) is 0 Å². The summed E-state index contributed by atoms with van der Waals surface area (Å²) in [5, 5.41) is 0. The van der Waals surface area contributed by atoms with E-state index in [2.05, 4.69) is 9.97 Å². The predicted octanol–water partition coefficient (Wildman–Crippen LogP) is 3.89. The maximum atomic E-state index is 14.9. The van der Waals surface area contributed by atoms with Crippen LogP contribution in [0.1, 0.15) is 24.9 Å². The fraction of sp³-hybridized carbons (Fsp3) is 0.286. The van der Waals surface area contributed by atoms with Gasteiger partial charge in [0, 0.05) is 31.2 Å². The zero-order valence-electron chi connectivity index (χ0n) is 16.6. The summed E-state index contributed by atoms with van der Waals surface area (Å²) >= 11 is 0. The number of fused-ring (bicyclic) bond motifs is 1. The summed E-state index contributed by atoms with van der Waals surface area (Å²) in [6.07, 6.45) is -3.19. The Morgan fingerprint density at radius 3 is 2.59 bits per heavy atom. The molecule has 11 heteroatoms. The van der Waals surface area contributed by atoms with Crippen LogP contribution in [0.5, 0.6) is 5.75 Å². The number of H-pyrrole nitrogens is 1. The quantitative estimate of drug-likeness (QED) is 0.335. The largest absolute Gasteiger partial charge is 0.493 e. The van der Waals surface area contributed by atoms with E-state index in [1.807, 2.05) is 0 Å². The number of hydrogen-bond acceptors (Lipinski definition) is 5. The highest BCUT2D eigenvalue weighted by Crippen LogP contribution is 2.44. The van der Waals surface area contributed by atoms with Crippen molar-refractivity contribution in [2.75, 3.05) is 11.5 Å². The Morgan fingerprint density at radius 2 is 1.94 bits per heavy atom. The lowest BCUT2D eigenvalue weighted by atomic mass is 9.88. The molecule has 0 saturated carbocycles. The molecular formula is C21H17F4N3O4. The maximum absolute atomic E-state index is 14.9. The molecule has 3 aromatic rings. The van der Waals surface area contributed by atoms with E-state index in [0.717, 1.165) is 24.0 Å². The number of aromatic amines is 1. The van der Waals surface area contributed by atoms with Gasteiger partial charge in [-0.25, -0.2) is 22.5 Å². The first-order valence-corrected chi connectivity index (χ1v) is 9.59. The number of benzene rings is 2. The summed E-state index contributed by atoms with van der Waals surface area (Å²) in [5.41, 5.74) is 1.02. The zero-order valence-corrected chi connectivity index (χ0v) is 16.6. The van der Waals surface area contributed by atoms with Gasteiger partial charge in [-0.3, -0.25) is 14.5 Å². The van der Waals surface area contributed by atoms with E-state index in [9.17, 15) is 27.2 Å². The van der Waals surface area contributed by atoms with Crippen LogP contribution < -0.4 is 9.64 Å². The molecule has 1 saturated heterocycles. The molecule has 0 aliphatic carbocycles. The summed E-state index contributed by atoms with van der Waals surface area (Å²) < 4.78 is 64.4. The van der Waals surface area contributed by atoms with Gasteiger partial charge < -0.3 is 14.5 Å². The van der Waals surface area contributed by atoms with Gasteiger partial charge in [-0.2, -0.15) is 0 Å². The highest BCUT2D eigenvalue weighted by molar-refractivity contribution is 6.06. The first-order chi connectivity index (χ1) is 15.3. The Labute approximate surface area is 178 Å². The molecule has 2 unspecified atom stereocenters. The fourth-order valence-electron chi connectivity index (χ4n) is 3.59. The molecule has 1 N–H and O–H groups in total. The second-order valence-corrected chi connectivity index (χ2v) is 7.12. The van der Waals surface area contributed by atoms with Crippen molar-refractivity contribution in [1.82, 2.24) is 9.97 Å². The number of amides is 1. The lowest BCUT2D eigenvalue weighted by Gasteiger charge is -2.46. The average molecular weight is 451 g/mol. The van der Waals surface area contributed by atoms with Gasteiger partial charge in [-0.15, -0.1) is 0 Å².